The maximum absolute atomic E-state index is 11.7. The Morgan fingerprint density at radius 3 is 2.05 bits per heavy atom. The van der Waals surface area contributed by atoms with E-state index in [1.807, 2.05) is 0 Å². The zero-order chi connectivity index (χ0) is 17.4. The Morgan fingerprint density at radius 2 is 1.59 bits per heavy atom. The minimum atomic E-state index is -0.656. The molecule has 2 N–H and O–H groups in total. The quantitative estimate of drug-likeness (QED) is 0.459. The van der Waals surface area contributed by atoms with Crippen molar-refractivity contribution >= 4 is 12.2 Å². The van der Waals surface area contributed by atoms with Crippen LogP contribution in [0.25, 0.3) is 10.4 Å². The first kappa shape index (κ1) is 19.9. The number of hydrogen-bond donors (Lipinski definition) is 2. The highest BCUT2D eigenvalue weighted by Gasteiger charge is 2.21. The van der Waals surface area contributed by atoms with Gasteiger partial charge in [-0.05, 0) is 47.1 Å². The van der Waals surface area contributed by atoms with E-state index in [1.165, 1.54) is 0 Å². The fraction of sp³-hybridized carbons (Fsp3) is 0.846. The molecular formula is C13H25N5O4. The Hall–Kier alpha value is -2.15. The molecule has 0 rings (SSSR count). The summed E-state index contributed by atoms with van der Waals surface area (Å²) < 4.78 is 10.2. The van der Waals surface area contributed by atoms with Crippen molar-refractivity contribution < 1.29 is 19.1 Å². The normalized spacial score (nSPS) is 12.6. The van der Waals surface area contributed by atoms with Gasteiger partial charge in [0.25, 0.3) is 0 Å². The average Bonchev–Trinajstić information content (AvgIpc) is 2.28. The minimum absolute atomic E-state index is 0.0223. The molecule has 0 aliphatic rings. The molecule has 0 aromatic carbocycles. The summed E-state index contributed by atoms with van der Waals surface area (Å²) in [5.74, 6) is 0. The van der Waals surface area contributed by atoms with Crippen molar-refractivity contribution in [3.05, 3.63) is 10.4 Å². The van der Waals surface area contributed by atoms with E-state index in [9.17, 15) is 9.59 Å². The first-order valence-electron chi connectivity index (χ1n) is 6.90. The molecule has 0 saturated carbocycles. The maximum atomic E-state index is 11.7. The van der Waals surface area contributed by atoms with E-state index >= 15 is 0 Å². The Labute approximate surface area is 130 Å². The molecule has 0 fully saturated rings. The third-order valence-electron chi connectivity index (χ3n) is 1.98. The molecule has 0 spiro atoms. The molecule has 1 atom stereocenters. The van der Waals surface area contributed by atoms with Crippen molar-refractivity contribution in [2.24, 2.45) is 5.11 Å². The van der Waals surface area contributed by atoms with Crippen LogP contribution in [0.4, 0.5) is 9.59 Å². The van der Waals surface area contributed by atoms with Crippen LogP contribution in [0.2, 0.25) is 0 Å². The van der Waals surface area contributed by atoms with E-state index in [0.717, 1.165) is 0 Å². The standard InChI is InChI=1S/C13H25N5O4/c1-12(2,3)21-10(19)15-7-9(8-16-18-14)17-11(20)22-13(4,5)6/h9H,7-8H2,1-6H3,(H,15,19)(H,17,20). The van der Waals surface area contributed by atoms with Crippen LogP contribution >= 0.6 is 0 Å². The first-order chi connectivity index (χ1) is 9.93. The van der Waals surface area contributed by atoms with Crippen LogP contribution in [0.5, 0.6) is 0 Å². The first-order valence-corrected chi connectivity index (χ1v) is 6.90. The second-order valence-corrected chi connectivity index (χ2v) is 6.64. The summed E-state index contributed by atoms with van der Waals surface area (Å²) in [5.41, 5.74) is 7.10. The largest absolute Gasteiger partial charge is 0.444 e. The summed E-state index contributed by atoms with van der Waals surface area (Å²) in [4.78, 5) is 25.9. The summed E-state index contributed by atoms with van der Waals surface area (Å²) in [6, 6.07) is -0.599. The molecule has 0 radical (unpaired) electrons. The Balaban J connectivity index is 4.49. The number of rotatable bonds is 5. The van der Waals surface area contributed by atoms with Crippen LogP contribution in [-0.2, 0) is 9.47 Å². The van der Waals surface area contributed by atoms with Crippen molar-refractivity contribution in [2.75, 3.05) is 13.1 Å². The molecule has 0 bridgehead atoms. The zero-order valence-electron chi connectivity index (χ0n) is 14.0. The number of alkyl carbamates (subject to hydrolysis) is 2. The van der Waals surface area contributed by atoms with Crippen molar-refractivity contribution in [2.45, 2.75) is 58.8 Å². The highest BCUT2D eigenvalue weighted by molar-refractivity contribution is 5.69. The van der Waals surface area contributed by atoms with E-state index in [0.29, 0.717) is 0 Å². The third kappa shape index (κ3) is 11.7. The van der Waals surface area contributed by atoms with E-state index in [1.54, 1.807) is 41.5 Å². The van der Waals surface area contributed by atoms with E-state index in [4.69, 9.17) is 15.0 Å². The van der Waals surface area contributed by atoms with E-state index in [-0.39, 0.29) is 13.1 Å². The molecule has 126 valence electrons. The molecule has 0 heterocycles. The maximum Gasteiger partial charge on any atom is 0.407 e. The van der Waals surface area contributed by atoms with Crippen LogP contribution in [-0.4, -0.2) is 42.5 Å². The smallest absolute Gasteiger partial charge is 0.407 e. The lowest BCUT2D eigenvalue weighted by Crippen LogP contribution is -2.47. The fourth-order valence-electron chi connectivity index (χ4n) is 1.29. The number of carbonyl (C=O) groups is 2. The van der Waals surface area contributed by atoms with Gasteiger partial charge in [-0.25, -0.2) is 9.59 Å². The number of amides is 2. The van der Waals surface area contributed by atoms with Crippen molar-refractivity contribution in [3.63, 3.8) is 0 Å². The SMILES string of the molecule is CC(C)(C)OC(=O)NCC(CN=[N+]=[N-])NC(=O)OC(C)(C)C. The second kappa shape index (κ2) is 8.33. The van der Waals surface area contributed by atoms with Gasteiger partial charge in [0.05, 0.1) is 6.04 Å². The highest BCUT2D eigenvalue weighted by atomic mass is 16.6. The monoisotopic (exact) mass is 315 g/mol. The van der Waals surface area contributed by atoms with Gasteiger partial charge < -0.3 is 20.1 Å². The van der Waals surface area contributed by atoms with Crippen LogP contribution in [0.15, 0.2) is 5.11 Å². The molecule has 22 heavy (non-hydrogen) atoms. The van der Waals surface area contributed by atoms with Gasteiger partial charge in [-0.3, -0.25) is 0 Å². The van der Waals surface area contributed by atoms with Crippen LogP contribution < -0.4 is 10.6 Å². The van der Waals surface area contributed by atoms with Crippen molar-refractivity contribution in [1.82, 2.24) is 10.6 Å². The zero-order valence-corrected chi connectivity index (χ0v) is 14.0. The minimum Gasteiger partial charge on any atom is -0.444 e. The lowest BCUT2D eigenvalue weighted by atomic mass is 10.2. The number of hydrogen-bond acceptors (Lipinski definition) is 5. The average molecular weight is 315 g/mol. The lowest BCUT2D eigenvalue weighted by molar-refractivity contribution is 0.0465. The summed E-state index contributed by atoms with van der Waals surface area (Å²) in [5, 5.41) is 8.42. The van der Waals surface area contributed by atoms with Gasteiger partial charge in [0, 0.05) is 18.0 Å². The summed E-state index contributed by atoms with van der Waals surface area (Å²) in [6.07, 6.45) is -1.28. The summed E-state index contributed by atoms with van der Waals surface area (Å²) in [6.45, 7) is 10.4. The number of azide groups is 1. The molecule has 0 aliphatic carbocycles. The molecule has 0 aromatic heterocycles. The van der Waals surface area contributed by atoms with Crippen LogP contribution in [0.1, 0.15) is 41.5 Å². The molecule has 1 unspecified atom stereocenters. The van der Waals surface area contributed by atoms with Crippen LogP contribution in [0, 0.1) is 0 Å². The molecule has 9 nitrogen and oxygen atoms in total. The third-order valence-corrected chi connectivity index (χ3v) is 1.98. The van der Waals surface area contributed by atoms with Gasteiger partial charge >= 0.3 is 12.2 Å². The van der Waals surface area contributed by atoms with Gasteiger partial charge in [-0.2, -0.15) is 0 Å². The number of carbonyl (C=O) groups excluding carboxylic acids is 2. The topological polar surface area (TPSA) is 125 Å². The number of nitrogens with one attached hydrogen (secondary N) is 2. The van der Waals surface area contributed by atoms with Gasteiger partial charge in [-0.1, -0.05) is 5.11 Å². The van der Waals surface area contributed by atoms with Gasteiger partial charge in [0.15, 0.2) is 0 Å². The van der Waals surface area contributed by atoms with Gasteiger partial charge in [0.2, 0.25) is 0 Å². The van der Waals surface area contributed by atoms with Crippen molar-refractivity contribution in [1.29, 1.82) is 0 Å². The van der Waals surface area contributed by atoms with Crippen LogP contribution in [0.3, 0.4) is 0 Å². The predicted octanol–water partition coefficient (Wildman–Crippen LogP) is 2.71. The molecular weight excluding hydrogens is 290 g/mol. The molecule has 2 amide bonds. The Kier molecular flexibility index (Phi) is 7.52. The lowest BCUT2D eigenvalue weighted by Gasteiger charge is -2.24. The van der Waals surface area contributed by atoms with E-state index in [2.05, 4.69) is 20.7 Å². The Bertz CT molecular complexity index is 433. The van der Waals surface area contributed by atoms with Gasteiger partial charge in [0.1, 0.15) is 11.2 Å². The summed E-state index contributed by atoms with van der Waals surface area (Å²) >= 11 is 0. The van der Waals surface area contributed by atoms with E-state index < -0.39 is 29.4 Å². The summed E-state index contributed by atoms with van der Waals surface area (Å²) in [7, 11) is 0. The molecule has 0 aliphatic heterocycles. The molecule has 0 aromatic rings. The van der Waals surface area contributed by atoms with Crippen molar-refractivity contribution in [3.8, 4) is 0 Å². The highest BCUT2D eigenvalue weighted by Crippen LogP contribution is 2.07. The number of ether oxygens (including phenoxy) is 2. The predicted molar refractivity (Wildman–Crippen MR) is 81.4 cm³/mol. The molecule has 9 heteroatoms. The molecule has 0 saturated heterocycles. The number of nitrogens with zero attached hydrogens (tertiary/aromatic N) is 3. The van der Waals surface area contributed by atoms with Gasteiger partial charge in [-0.15, -0.1) is 0 Å². The second-order valence-electron chi connectivity index (χ2n) is 6.64. The fourth-order valence-corrected chi connectivity index (χ4v) is 1.29. The Morgan fingerprint density at radius 1 is 1.09 bits per heavy atom.